The number of nitrogens with zero attached hydrogens (tertiary/aromatic N) is 4. The summed E-state index contributed by atoms with van der Waals surface area (Å²) in [6.45, 7) is 1.94. The van der Waals surface area contributed by atoms with Crippen LogP contribution in [-0.4, -0.2) is 42.0 Å². The van der Waals surface area contributed by atoms with Crippen LogP contribution >= 0.6 is 11.8 Å². The lowest BCUT2D eigenvalue weighted by Gasteiger charge is -2.10. The molecular formula is C14H16N4O4S2. The molecule has 10 heteroatoms. The molecular weight excluding hydrogens is 352 g/mol. The second kappa shape index (κ2) is 6.54. The van der Waals surface area contributed by atoms with Crippen LogP contribution in [0.3, 0.4) is 0 Å². The Kier molecular flexibility index (Phi) is 4.61. The van der Waals surface area contributed by atoms with Crippen molar-refractivity contribution in [1.82, 2.24) is 19.5 Å². The van der Waals surface area contributed by atoms with Crippen molar-refractivity contribution in [3.63, 3.8) is 0 Å². The fourth-order valence-electron chi connectivity index (χ4n) is 1.93. The second-order valence-electron chi connectivity index (χ2n) is 5.13. The van der Waals surface area contributed by atoms with Gasteiger partial charge in [0.25, 0.3) is 5.22 Å². The molecule has 3 rings (SSSR count). The number of hydrogen-bond acceptors (Lipinski definition) is 8. The van der Waals surface area contributed by atoms with Crippen LogP contribution in [0.15, 0.2) is 37.2 Å². The van der Waals surface area contributed by atoms with E-state index in [0.717, 1.165) is 4.31 Å². The fraction of sp³-hybridized carbons (Fsp3) is 0.357. The van der Waals surface area contributed by atoms with Gasteiger partial charge in [0.15, 0.2) is 5.58 Å². The van der Waals surface area contributed by atoms with E-state index >= 15 is 0 Å². The minimum atomic E-state index is -3.50. The van der Waals surface area contributed by atoms with Crippen molar-refractivity contribution in [2.45, 2.75) is 29.2 Å². The van der Waals surface area contributed by atoms with Gasteiger partial charge in [-0.25, -0.2) is 17.7 Å². The van der Waals surface area contributed by atoms with Gasteiger partial charge in [-0.1, -0.05) is 18.7 Å². The molecule has 0 amide bonds. The summed E-state index contributed by atoms with van der Waals surface area (Å²) in [5.41, 5.74) is 1.01. The van der Waals surface area contributed by atoms with Crippen molar-refractivity contribution in [3.8, 4) is 0 Å². The Morgan fingerprint density at radius 3 is 2.58 bits per heavy atom. The molecule has 0 unspecified atom stereocenters. The first-order chi connectivity index (χ1) is 11.4. The maximum Gasteiger partial charge on any atom is 0.257 e. The summed E-state index contributed by atoms with van der Waals surface area (Å²) in [6.07, 6.45) is 0.684. The molecule has 0 aliphatic rings. The molecule has 0 radical (unpaired) electrons. The molecule has 0 spiro atoms. The number of fused-ring (bicyclic) bond motifs is 1. The number of aromatic nitrogens is 3. The van der Waals surface area contributed by atoms with E-state index < -0.39 is 10.0 Å². The highest BCUT2D eigenvalue weighted by atomic mass is 32.2. The monoisotopic (exact) mass is 368 g/mol. The number of thioether (sulfide) groups is 1. The highest BCUT2D eigenvalue weighted by molar-refractivity contribution is 7.98. The van der Waals surface area contributed by atoms with E-state index in [9.17, 15) is 8.42 Å². The standard InChI is InChI=1S/C14H16N4O4S2/c1-4-12-16-17-13(22-12)8-23-14-15-10-7-9(5-6-11(10)21-14)24(19,20)18(2)3/h5-7H,4,8H2,1-3H3. The topological polar surface area (TPSA) is 102 Å². The van der Waals surface area contributed by atoms with Crippen LogP contribution < -0.4 is 0 Å². The summed E-state index contributed by atoms with van der Waals surface area (Å²) in [5.74, 6) is 1.51. The highest BCUT2D eigenvalue weighted by Gasteiger charge is 2.19. The third kappa shape index (κ3) is 3.30. The first kappa shape index (κ1) is 16.9. The molecule has 2 heterocycles. The lowest BCUT2D eigenvalue weighted by atomic mass is 10.3. The van der Waals surface area contributed by atoms with Crippen LogP contribution in [0.4, 0.5) is 0 Å². The van der Waals surface area contributed by atoms with Crippen LogP contribution in [0.2, 0.25) is 0 Å². The summed E-state index contributed by atoms with van der Waals surface area (Å²) in [7, 11) is -0.534. The van der Waals surface area contributed by atoms with Gasteiger partial charge in [0, 0.05) is 20.5 Å². The Hall–Kier alpha value is -1.91. The van der Waals surface area contributed by atoms with Crippen LogP contribution in [0.1, 0.15) is 18.7 Å². The average molecular weight is 368 g/mol. The van der Waals surface area contributed by atoms with Crippen LogP contribution in [-0.2, 0) is 22.2 Å². The third-order valence-electron chi connectivity index (χ3n) is 3.25. The highest BCUT2D eigenvalue weighted by Crippen LogP contribution is 2.28. The van der Waals surface area contributed by atoms with Gasteiger partial charge in [0.2, 0.25) is 21.8 Å². The van der Waals surface area contributed by atoms with Gasteiger partial charge in [-0.2, -0.15) is 0 Å². The minimum Gasteiger partial charge on any atom is -0.431 e. The van der Waals surface area contributed by atoms with Gasteiger partial charge < -0.3 is 8.83 Å². The van der Waals surface area contributed by atoms with Crippen LogP contribution in [0, 0.1) is 0 Å². The van der Waals surface area contributed by atoms with E-state index in [0.29, 0.717) is 40.3 Å². The molecule has 0 saturated heterocycles. The van der Waals surface area contributed by atoms with E-state index in [4.69, 9.17) is 8.83 Å². The largest absolute Gasteiger partial charge is 0.431 e. The number of oxazole rings is 1. The molecule has 0 fully saturated rings. The van der Waals surface area contributed by atoms with Gasteiger partial charge >= 0.3 is 0 Å². The number of sulfonamides is 1. The van der Waals surface area contributed by atoms with Gasteiger partial charge in [-0.15, -0.1) is 10.2 Å². The molecule has 1 aromatic carbocycles. The predicted molar refractivity (Wildman–Crippen MR) is 88.1 cm³/mol. The Morgan fingerprint density at radius 1 is 1.17 bits per heavy atom. The van der Waals surface area contributed by atoms with Gasteiger partial charge in [-0.05, 0) is 18.2 Å². The molecule has 3 aromatic rings. The van der Waals surface area contributed by atoms with Crippen LogP contribution in [0.25, 0.3) is 11.1 Å². The lowest BCUT2D eigenvalue weighted by Crippen LogP contribution is -2.22. The molecule has 0 saturated carbocycles. The molecule has 0 aliphatic heterocycles. The molecule has 0 aliphatic carbocycles. The zero-order valence-corrected chi connectivity index (χ0v) is 15.0. The maximum absolute atomic E-state index is 12.2. The normalized spacial score (nSPS) is 12.3. The van der Waals surface area contributed by atoms with E-state index in [2.05, 4.69) is 15.2 Å². The van der Waals surface area contributed by atoms with Crippen molar-refractivity contribution in [3.05, 3.63) is 30.0 Å². The lowest BCUT2D eigenvalue weighted by molar-refractivity contribution is 0.466. The second-order valence-corrected chi connectivity index (χ2v) is 8.21. The SMILES string of the molecule is CCc1nnc(CSc2nc3cc(S(=O)(=O)N(C)C)ccc3o2)o1. The zero-order valence-electron chi connectivity index (χ0n) is 13.4. The van der Waals surface area contributed by atoms with Crippen molar-refractivity contribution >= 4 is 32.9 Å². The molecule has 2 aromatic heterocycles. The van der Waals surface area contributed by atoms with Gasteiger partial charge in [0.1, 0.15) is 5.52 Å². The first-order valence-electron chi connectivity index (χ1n) is 7.17. The van der Waals surface area contributed by atoms with E-state index in [-0.39, 0.29) is 4.90 Å². The van der Waals surface area contributed by atoms with Crippen LogP contribution in [0.5, 0.6) is 0 Å². The predicted octanol–water partition coefficient (Wildman–Crippen LogP) is 2.32. The summed E-state index contributed by atoms with van der Waals surface area (Å²) in [5, 5.41) is 8.24. The number of aryl methyl sites for hydroxylation is 1. The average Bonchev–Trinajstić information content (AvgIpc) is 3.17. The van der Waals surface area contributed by atoms with Gasteiger partial charge in [0.05, 0.1) is 10.6 Å². The zero-order chi connectivity index (χ0) is 17.3. The number of hydrogen-bond donors (Lipinski definition) is 0. The first-order valence-corrected chi connectivity index (χ1v) is 9.60. The smallest absolute Gasteiger partial charge is 0.257 e. The van der Waals surface area contributed by atoms with Crippen molar-refractivity contribution < 1.29 is 17.3 Å². The van der Waals surface area contributed by atoms with E-state index in [1.165, 1.54) is 38.0 Å². The van der Waals surface area contributed by atoms with Gasteiger partial charge in [-0.3, -0.25) is 0 Å². The summed E-state index contributed by atoms with van der Waals surface area (Å²) < 4.78 is 36.5. The van der Waals surface area contributed by atoms with Crippen molar-refractivity contribution in [1.29, 1.82) is 0 Å². The Bertz CT molecular complexity index is 962. The molecule has 0 N–H and O–H groups in total. The third-order valence-corrected chi connectivity index (χ3v) is 5.87. The molecule has 24 heavy (non-hydrogen) atoms. The molecule has 8 nitrogen and oxygen atoms in total. The number of benzene rings is 1. The Morgan fingerprint density at radius 2 is 1.92 bits per heavy atom. The minimum absolute atomic E-state index is 0.175. The fourth-order valence-corrected chi connectivity index (χ4v) is 3.53. The quantitative estimate of drug-likeness (QED) is 0.611. The van der Waals surface area contributed by atoms with E-state index in [1.807, 2.05) is 6.92 Å². The summed E-state index contributed by atoms with van der Waals surface area (Å²) >= 11 is 1.31. The van der Waals surface area contributed by atoms with Crippen molar-refractivity contribution in [2.75, 3.05) is 14.1 Å². The summed E-state index contributed by atoms with van der Waals surface area (Å²) in [6, 6.07) is 4.60. The Balaban J connectivity index is 1.81. The Labute approximate surface area is 143 Å². The molecule has 0 bridgehead atoms. The maximum atomic E-state index is 12.2. The summed E-state index contributed by atoms with van der Waals surface area (Å²) in [4.78, 5) is 4.49. The molecule has 0 atom stereocenters. The van der Waals surface area contributed by atoms with Crippen molar-refractivity contribution in [2.24, 2.45) is 0 Å². The molecule has 128 valence electrons. The van der Waals surface area contributed by atoms with E-state index in [1.54, 1.807) is 6.07 Å². The number of rotatable bonds is 6.